The maximum atomic E-state index is 13.9. The molecule has 0 atom stereocenters. The molecule has 0 spiro atoms. The highest BCUT2D eigenvalue weighted by Gasteiger charge is 2.31. The lowest BCUT2D eigenvalue weighted by atomic mass is 9.90. The van der Waals surface area contributed by atoms with Crippen molar-refractivity contribution in [3.8, 4) is 28.3 Å². The van der Waals surface area contributed by atoms with E-state index in [0.29, 0.717) is 17.9 Å². The van der Waals surface area contributed by atoms with Crippen molar-refractivity contribution < 1.29 is 9.53 Å². The fraction of sp³-hybridized carbons (Fsp3) is 0.103. The Morgan fingerprint density at radius 3 is 2.54 bits per heavy atom. The Bertz CT molecular complexity index is 1630. The molecule has 6 nitrogen and oxygen atoms in total. The van der Waals surface area contributed by atoms with Crippen molar-refractivity contribution in [1.82, 2.24) is 19.7 Å². The van der Waals surface area contributed by atoms with Crippen molar-refractivity contribution in [1.29, 1.82) is 0 Å². The number of rotatable bonds is 4. The first-order valence-corrected chi connectivity index (χ1v) is 11.4. The zero-order chi connectivity index (χ0) is 23.9. The number of hydrogen-bond donors (Lipinski definition) is 0. The molecule has 0 fully saturated rings. The second-order valence-electron chi connectivity index (χ2n) is 8.58. The molecular weight excluding hydrogens is 436 g/mol. The van der Waals surface area contributed by atoms with Crippen LogP contribution in [0.5, 0.6) is 5.88 Å². The maximum absolute atomic E-state index is 13.9. The molecule has 0 radical (unpaired) electrons. The molecule has 5 aromatic rings. The van der Waals surface area contributed by atoms with Gasteiger partial charge >= 0.3 is 0 Å². The molecule has 1 aliphatic rings. The summed E-state index contributed by atoms with van der Waals surface area (Å²) in [5, 5.41) is 5.86. The number of carbonyl (C=O) groups excluding carboxylic acids is 1. The summed E-state index contributed by atoms with van der Waals surface area (Å²) >= 11 is 0. The van der Waals surface area contributed by atoms with Crippen LogP contribution in [0.2, 0.25) is 0 Å². The van der Waals surface area contributed by atoms with Gasteiger partial charge in [-0.15, -0.1) is 0 Å². The summed E-state index contributed by atoms with van der Waals surface area (Å²) in [6, 6.07) is 23.7. The molecule has 0 aliphatic carbocycles. The van der Waals surface area contributed by atoms with Crippen LogP contribution in [0, 0.1) is 0 Å². The second-order valence-corrected chi connectivity index (χ2v) is 8.58. The molecule has 6 heteroatoms. The lowest BCUT2D eigenvalue weighted by Crippen LogP contribution is -2.23. The number of aromatic nitrogens is 4. The summed E-state index contributed by atoms with van der Waals surface area (Å²) in [5.41, 5.74) is 7.91. The number of allylic oxidation sites excluding steroid dienone is 2. The molecule has 0 N–H and O–H groups in total. The van der Waals surface area contributed by atoms with Crippen LogP contribution in [0.1, 0.15) is 23.0 Å². The first-order valence-electron chi connectivity index (χ1n) is 11.4. The number of hydrogen-bond acceptors (Lipinski definition) is 5. The van der Waals surface area contributed by atoms with E-state index in [2.05, 4.69) is 22.1 Å². The number of pyridine rings is 2. The molecule has 0 saturated heterocycles. The van der Waals surface area contributed by atoms with Crippen molar-refractivity contribution >= 4 is 22.4 Å². The summed E-state index contributed by atoms with van der Waals surface area (Å²) < 4.78 is 6.92. The van der Waals surface area contributed by atoms with Crippen molar-refractivity contribution in [3.63, 3.8) is 0 Å². The Morgan fingerprint density at radius 2 is 1.71 bits per heavy atom. The Balaban J connectivity index is 1.54. The third-order valence-corrected chi connectivity index (χ3v) is 6.42. The Morgan fingerprint density at radius 1 is 0.857 bits per heavy atom. The van der Waals surface area contributed by atoms with Gasteiger partial charge in [0.1, 0.15) is 5.69 Å². The zero-order valence-corrected chi connectivity index (χ0v) is 19.4. The third-order valence-electron chi connectivity index (χ3n) is 6.42. The van der Waals surface area contributed by atoms with Crippen LogP contribution in [-0.4, -0.2) is 32.8 Å². The quantitative estimate of drug-likeness (QED) is 0.338. The largest absolute Gasteiger partial charge is 0.481 e. The zero-order valence-electron chi connectivity index (χ0n) is 19.4. The third kappa shape index (κ3) is 3.51. The van der Waals surface area contributed by atoms with E-state index in [9.17, 15) is 4.79 Å². The number of ether oxygens (including phenoxy) is 1. The first kappa shape index (κ1) is 21.0. The highest BCUT2D eigenvalue weighted by Crippen LogP contribution is 2.40. The van der Waals surface area contributed by atoms with E-state index in [1.165, 1.54) is 0 Å². The molecule has 0 unspecified atom stereocenters. The van der Waals surface area contributed by atoms with E-state index >= 15 is 0 Å². The van der Waals surface area contributed by atoms with E-state index in [1.807, 2.05) is 67.6 Å². The monoisotopic (exact) mass is 458 g/mol. The minimum Gasteiger partial charge on any atom is -0.481 e. The van der Waals surface area contributed by atoms with E-state index in [0.717, 1.165) is 50.1 Å². The van der Waals surface area contributed by atoms with Gasteiger partial charge in [0.05, 0.1) is 18.3 Å². The normalized spacial score (nSPS) is 13.3. The Kier molecular flexibility index (Phi) is 4.99. The molecule has 0 amide bonds. The fourth-order valence-corrected chi connectivity index (χ4v) is 4.79. The van der Waals surface area contributed by atoms with Gasteiger partial charge in [-0.2, -0.15) is 9.78 Å². The molecule has 170 valence electrons. The van der Waals surface area contributed by atoms with Gasteiger partial charge in [-0.3, -0.25) is 9.78 Å². The molecule has 0 bridgehead atoms. The minimum atomic E-state index is -0.128. The lowest BCUT2D eigenvalue weighted by Gasteiger charge is -2.20. The molecule has 4 heterocycles. The fourth-order valence-electron chi connectivity index (χ4n) is 4.79. The summed E-state index contributed by atoms with van der Waals surface area (Å²) in [6.45, 7) is 2.03. The molecule has 1 aliphatic heterocycles. The van der Waals surface area contributed by atoms with Crippen LogP contribution in [0.3, 0.4) is 0 Å². The maximum Gasteiger partial charge on any atom is 0.279 e. The summed E-state index contributed by atoms with van der Waals surface area (Å²) in [5.74, 6) is 0.370. The lowest BCUT2D eigenvalue weighted by molar-refractivity contribution is 0.0958. The predicted octanol–water partition coefficient (Wildman–Crippen LogP) is 5.84. The molecule has 6 rings (SSSR count). The van der Waals surface area contributed by atoms with Crippen LogP contribution in [0.25, 0.3) is 38.9 Å². The smallest absolute Gasteiger partial charge is 0.279 e. The highest BCUT2D eigenvalue weighted by molar-refractivity contribution is 6.23. The molecule has 2 aromatic carbocycles. The van der Waals surface area contributed by atoms with Crippen LogP contribution in [-0.2, 0) is 6.42 Å². The molecule has 0 saturated carbocycles. The van der Waals surface area contributed by atoms with Gasteiger partial charge in [-0.05, 0) is 42.3 Å². The number of methoxy groups -OCH3 is 1. The average Bonchev–Trinajstić information content (AvgIpc) is 3.29. The Hall–Kier alpha value is -4.58. The van der Waals surface area contributed by atoms with E-state index < -0.39 is 0 Å². The van der Waals surface area contributed by atoms with E-state index in [-0.39, 0.29) is 5.91 Å². The average molecular weight is 459 g/mol. The molecule has 35 heavy (non-hydrogen) atoms. The van der Waals surface area contributed by atoms with Gasteiger partial charge in [-0.25, -0.2) is 4.98 Å². The number of nitrogens with zero attached hydrogens (tertiary/aromatic N) is 4. The van der Waals surface area contributed by atoms with Crippen LogP contribution < -0.4 is 4.74 Å². The van der Waals surface area contributed by atoms with Gasteiger partial charge < -0.3 is 4.74 Å². The number of carbonyl (C=O) groups is 1. The van der Waals surface area contributed by atoms with Crippen LogP contribution >= 0.6 is 0 Å². The minimum absolute atomic E-state index is 0.128. The second kappa shape index (κ2) is 8.33. The van der Waals surface area contributed by atoms with Crippen LogP contribution in [0.4, 0.5) is 0 Å². The number of benzene rings is 2. The van der Waals surface area contributed by atoms with Gasteiger partial charge in [0, 0.05) is 47.0 Å². The van der Waals surface area contributed by atoms with Crippen molar-refractivity contribution in [3.05, 3.63) is 102 Å². The van der Waals surface area contributed by atoms with E-state index in [1.54, 1.807) is 24.2 Å². The van der Waals surface area contributed by atoms with E-state index in [4.69, 9.17) is 9.84 Å². The van der Waals surface area contributed by atoms with Crippen LogP contribution in [0.15, 0.2) is 90.8 Å². The Labute approximate surface area is 202 Å². The SMILES string of the molecule is COc1cc(-c2nn3c(c2-c2ccccc2)CC(C)=C(c2ccc4ncccc4c2)C3=O)ccn1. The summed E-state index contributed by atoms with van der Waals surface area (Å²) in [6.07, 6.45) is 4.09. The van der Waals surface area contributed by atoms with Gasteiger partial charge in [-0.1, -0.05) is 48.0 Å². The van der Waals surface area contributed by atoms with Gasteiger partial charge in [0.15, 0.2) is 0 Å². The molecule has 3 aromatic heterocycles. The standard InChI is InChI=1S/C29H22N4O2/c1-18-15-24-27(19-7-4-3-5-8-19)28(22-12-14-31-25(17-22)35-2)32-33(24)29(34)26(18)21-10-11-23-20(16-21)9-6-13-30-23/h3-14,16-17H,15H2,1-2H3. The predicted molar refractivity (Wildman–Crippen MR) is 136 cm³/mol. The van der Waals surface area contributed by atoms with Gasteiger partial charge in [0.25, 0.3) is 5.91 Å². The summed E-state index contributed by atoms with van der Waals surface area (Å²) in [7, 11) is 1.59. The molecular formula is C29H22N4O2. The first-order chi connectivity index (χ1) is 17.1. The van der Waals surface area contributed by atoms with Crippen molar-refractivity contribution in [2.75, 3.05) is 7.11 Å². The highest BCUT2D eigenvalue weighted by atomic mass is 16.5. The van der Waals surface area contributed by atoms with Crippen molar-refractivity contribution in [2.24, 2.45) is 0 Å². The summed E-state index contributed by atoms with van der Waals surface area (Å²) in [4.78, 5) is 22.5. The topological polar surface area (TPSA) is 69.9 Å². The van der Waals surface area contributed by atoms with Crippen molar-refractivity contribution in [2.45, 2.75) is 13.3 Å². The number of fused-ring (bicyclic) bond motifs is 2. The van der Waals surface area contributed by atoms with Gasteiger partial charge in [0.2, 0.25) is 5.88 Å².